The van der Waals surface area contributed by atoms with Crippen LogP contribution in [0.25, 0.3) is 10.9 Å². The summed E-state index contributed by atoms with van der Waals surface area (Å²) in [7, 11) is 0. The lowest BCUT2D eigenvalue weighted by Gasteiger charge is -2.35. The zero-order valence-corrected chi connectivity index (χ0v) is 14.7. The summed E-state index contributed by atoms with van der Waals surface area (Å²) in [4.78, 5) is 18.9. The SMILES string of the molecule is O=C(c1n[nH]c2c1CNCC2)N1CCCCC1c1cc2ccccc2[nH]1. The Morgan fingerprint density at radius 2 is 2.15 bits per heavy atom. The number of rotatable bonds is 2. The van der Waals surface area contributed by atoms with Gasteiger partial charge in [-0.3, -0.25) is 9.89 Å². The highest BCUT2D eigenvalue weighted by atomic mass is 16.2. The van der Waals surface area contributed by atoms with Crippen molar-refractivity contribution in [2.75, 3.05) is 13.1 Å². The predicted molar refractivity (Wildman–Crippen MR) is 99.9 cm³/mol. The zero-order valence-electron chi connectivity index (χ0n) is 14.7. The van der Waals surface area contributed by atoms with Gasteiger partial charge in [0.2, 0.25) is 0 Å². The summed E-state index contributed by atoms with van der Waals surface area (Å²) in [5, 5.41) is 12.0. The fourth-order valence-electron chi connectivity index (χ4n) is 4.31. The Hall–Kier alpha value is -2.60. The topological polar surface area (TPSA) is 76.8 Å². The van der Waals surface area contributed by atoms with Crippen LogP contribution in [0.15, 0.2) is 30.3 Å². The monoisotopic (exact) mass is 349 g/mol. The number of amides is 1. The van der Waals surface area contributed by atoms with Gasteiger partial charge in [0.15, 0.2) is 5.69 Å². The molecule has 6 heteroatoms. The van der Waals surface area contributed by atoms with Gasteiger partial charge in [-0.15, -0.1) is 0 Å². The molecule has 2 aliphatic heterocycles. The molecule has 0 radical (unpaired) electrons. The maximum absolute atomic E-state index is 13.3. The van der Waals surface area contributed by atoms with E-state index in [2.05, 4.69) is 38.7 Å². The number of nitrogens with one attached hydrogen (secondary N) is 3. The molecular formula is C20H23N5O. The van der Waals surface area contributed by atoms with Crippen molar-refractivity contribution in [1.82, 2.24) is 25.4 Å². The van der Waals surface area contributed by atoms with Crippen molar-refractivity contribution >= 4 is 16.8 Å². The number of carbonyl (C=O) groups excluding carboxylic acids is 1. The number of likely N-dealkylation sites (tertiary alicyclic amines) is 1. The highest BCUT2D eigenvalue weighted by Crippen LogP contribution is 2.33. The quantitative estimate of drug-likeness (QED) is 0.666. The second-order valence-corrected chi connectivity index (χ2v) is 7.28. The first-order valence-electron chi connectivity index (χ1n) is 9.47. The third-order valence-electron chi connectivity index (χ3n) is 5.68. The van der Waals surface area contributed by atoms with Gasteiger partial charge < -0.3 is 15.2 Å². The smallest absolute Gasteiger partial charge is 0.275 e. The van der Waals surface area contributed by atoms with Crippen molar-refractivity contribution < 1.29 is 4.79 Å². The molecule has 134 valence electrons. The maximum Gasteiger partial charge on any atom is 0.275 e. The van der Waals surface area contributed by atoms with Crippen LogP contribution in [0.2, 0.25) is 0 Å². The van der Waals surface area contributed by atoms with Crippen molar-refractivity contribution in [3.05, 3.63) is 53.0 Å². The molecule has 1 amide bonds. The predicted octanol–water partition coefficient (Wildman–Crippen LogP) is 2.90. The molecule has 1 fully saturated rings. The largest absolute Gasteiger partial charge is 0.357 e. The fraction of sp³-hybridized carbons (Fsp3) is 0.400. The third kappa shape index (κ3) is 2.52. The minimum Gasteiger partial charge on any atom is -0.357 e. The Bertz CT molecular complexity index is 923. The molecule has 6 nitrogen and oxygen atoms in total. The second kappa shape index (κ2) is 6.29. The van der Waals surface area contributed by atoms with Crippen LogP contribution in [0.3, 0.4) is 0 Å². The number of aromatic amines is 2. The lowest BCUT2D eigenvalue weighted by Crippen LogP contribution is -2.39. The molecule has 2 aliphatic rings. The van der Waals surface area contributed by atoms with Gasteiger partial charge >= 0.3 is 0 Å². The number of piperidine rings is 1. The van der Waals surface area contributed by atoms with E-state index in [4.69, 9.17) is 0 Å². The number of fused-ring (bicyclic) bond motifs is 2. The highest BCUT2D eigenvalue weighted by molar-refractivity contribution is 5.94. The lowest BCUT2D eigenvalue weighted by molar-refractivity contribution is 0.0599. The second-order valence-electron chi connectivity index (χ2n) is 7.28. The number of benzene rings is 1. The molecule has 0 spiro atoms. The molecule has 4 heterocycles. The molecule has 2 aromatic heterocycles. The van der Waals surface area contributed by atoms with Crippen LogP contribution in [0, 0.1) is 0 Å². The van der Waals surface area contributed by atoms with Crippen LogP contribution < -0.4 is 5.32 Å². The third-order valence-corrected chi connectivity index (χ3v) is 5.68. The molecule has 26 heavy (non-hydrogen) atoms. The average Bonchev–Trinajstić information content (AvgIpc) is 3.31. The van der Waals surface area contributed by atoms with E-state index < -0.39 is 0 Å². The number of carbonyl (C=O) groups is 1. The molecule has 1 unspecified atom stereocenters. The first-order valence-corrected chi connectivity index (χ1v) is 9.47. The molecular weight excluding hydrogens is 326 g/mol. The lowest BCUT2D eigenvalue weighted by atomic mass is 9.98. The van der Waals surface area contributed by atoms with Crippen LogP contribution in [-0.4, -0.2) is 39.1 Å². The van der Waals surface area contributed by atoms with Gasteiger partial charge in [-0.25, -0.2) is 0 Å². The number of H-pyrrole nitrogens is 2. The van der Waals surface area contributed by atoms with E-state index in [-0.39, 0.29) is 11.9 Å². The molecule has 0 bridgehead atoms. The number of para-hydroxylation sites is 1. The van der Waals surface area contributed by atoms with Crippen molar-refractivity contribution in [1.29, 1.82) is 0 Å². The Morgan fingerprint density at radius 3 is 3.08 bits per heavy atom. The minimum absolute atomic E-state index is 0.0505. The van der Waals surface area contributed by atoms with E-state index in [1.165, 1.54) is 5.39 Å². The first-order chi connectivity index (χ1) is 12.8. The van der Waals surface area contributed by atoms with E-state index in [1.54, 1.807) is 0 Å². The van der Waals surface area contributed by atoms with Gasteiger partial charge in [-0.05, 0) is 36.8 Å². The van der Waals surface area contributed by atoms with Crippen molar-refractivity contribution in [2.24, 2.45) is 0 Å². The molecule has 0 saturated carbocycles. The Labute approximate surface area is 152 Å². The summed E-state index contributed by atoms with van der Waals surface area (Å²) < 4.78 is 0. The molecule has 1 aromatic carbocycles. The number of hydrogen-bond donors (Lipinski definition) is 3. The molecule has 5 rings (SSSR count). The van der Waals surface area contributed by atoms with Crippen molar-refractivity contribution in [2.45, 2.75) is 38.3 Å². The van der Waals surface area contributed by atoms with Gasteiger partial charge in [-0.2, -0.15) is 5.10 Å². The molecule has 3 aromatic rings. The van der Waals surface area contributed by atoms with Crippen LogP contribution in [-0.2, 0) is 13.0 Å². The summed E-state index contributed by atoms with van der Waals surface area (Å²) in [5.41, 5.74) is 4.99. The number of aromatic nitrogens is 3. The van der Waals surface area contributed by atoms with Crippen molar-refractivity contribution in [3.63, 3.8) is 0 Å². The summed E-state index contributed by atoms with van der Waals surface area (Å²) >= 11 is 0. The van der Waals surface area contributed by atoms with Gasteiger partial charge in [0.1, 0.15) is 0 Å². The normalized spacial score (nSPS) is 20.3. The van der Waals surface area contributed by atoms with Crippen LogP contribution in [0.1, 0.15) is 52.7 Å². The summed E-state index contributed by atoms with van der Waals surface area (Å²) in [5.74, 6) is 0.0505. The molecule has 1 saturated heterocycles. The standard InChI is InChI=1S/C20H23N5O/c26-20(19-14-12-21-9-8-16(14)23-24-19)25-10-4-3-7-18(25)17-11-13-5-1-2-6-15(13)22-17/h1-2,5-6,11,18,21-22H,3-4,7-10,12H2,(H,23,24). The van der Waals surface area contributed by atoms with E-state index in [9.17, 15) is 4.79 Å². The summed E-state index contributed by atoms with van der Waals surface area (Å²) in [6, 6.07) is 10.6. The van der Waals surface area contributed by atoms with Gasteiger partial charge in [0.05, 0.1) is 6.04 Å². The molecule has 0 aliphatic carbocycles. The number of hydrogen-bond acceptors (Lipinski definition) is 3. The van der Waals surface area contributed by atoms with Crippen LogP contribution >= 0.6 is 0 Å². The van der Waals surface area contributed by atoms with Gasteiger partial charge in [0, 0.05) is 48.5 Å². The van der Waals surface area contributed by atoms with E-state index in [1.807, 2.05) is 17.0 Å². The van der Waals surface area contributed by atoms with Crippen LogP contribution in [0.4, 0.5) is 0 Å². The van der Waals surface area contributed by atoms with Gasteiger partial charge in [0.25, 0.3) is 5.91 Å². The average molecular weight is 349 g/mol. The molecule has 3 N–H and O–H groups in total. The van der Waals surface area contributed by atoms with Crippen molar-refractivity contribution in [3.8, 4) is 0 Å². The maximum atomic E-state index is 13.3. The zero-order chi connectivity index (χ0) is 17.5. The highest BCUT2D eigenvalue weighted by Gasteiger charge is 2.33. The minimum atomic E-state index is 0.0505. The Balaban J connectivity index is 1.49. The van der Waals surface area contributed by atoms with Crippen LogP contribution in [0.5, 0.6) is 0 Å². The van der Waals surface area contributed by atoms with E-state index in [0.717, 1.165) is 67.8 Å². The Morgan fingerprint density at radius 1 is 1.23 bits per heavy atom. The molecule has 1 atom stereocenters. The fourth-order valence-corrected chi connectivity index (χ4v) is 4.31. The van der Waals surface area contributed by atoms with E-state index >= 15 is 0 Å². The van der Waals surface area contributed by atoms with Gasteiger partial charge in [-0.1, -0.05) is 18.2 Å². The first kappa shape index (κ1) is 15.6. The number of nitrogens with zero attached hydrogens (tertiary/aromatic N) is 2. The Kier molecular flexibility index (Phi) is 3.78. The van der Waals surface area contributed by atoms with E-state index in [0.29, 0.717) is 5.69 Å². The summed E-state index contributed by atoms with van der Waals surface area (Å²) in [6.07, 6.45) is 4.09. The summed E-state index contributed by atoms with van der Waals surface area (Å²) in [6.45, 7) is 2.44.